The lowest BCUT2D eigenvalue weighted by molar-refractivity contribution is -0.144. The van der Waals surface area contributed by atoms with Crippen molar-refractivity contribution in [1.82, 2.24) is 4.98 Å². The van der Waals surface area contributed by atoms with Gasteiger partial charge < -0.3 is 15.4 Å². The zero-order valence-electron chi connectivity index (χ0n) is 12.7. The van der Waals surface area contributed by atoms with Crippen molar-refractivity contribution in [3.63, 3.8) is 0 Å². The molecule has 6 heteroatoms. The van der Waals surface area contributed by atoms with E-state index in [0.717, 1.165) is 17.7 Å². The molecule has 6 nitrogen and oxygen atoms in total. The molecule has 1 aromatic heterocycles. The molecule has 1 aromatic rings. The molecule has 0 spiro atoms. The van der Waals surface area contributed by atoms with E-state index < -0.39 is 11.9 Å². The van der Waals surface area contributed by atoms with Gasteiger partial charge in [0.15, 0.2) is 0 Å². The van der Waals surface area contributed by atoms with Gasteiger partial charge >= 0.3 is 5.97 Å². The van der Waals surface area contributed by atoms with Crippen LogP contribution in [0.4, 0.5) is 5.82 Å². The number of carbonyl (C=O) groups excluding carboxylic acids is 2. The fourth-order valence-corrected chi connectivity index (χ4v) is 2.83. The van der Waals surface area contributed by atoms with Crippen molar-refractivity contribution in [2.75, 3.05) is 18.1 Å². The number of carbonyl (C=O) groups is 2. The van der Waals surface area contributed by atoms with Gasteiger partial charge in [-0.1, -0.05) is 0 Å². The molecule has 0 saturated carbocycles. The summed E-state index contributed by atoms with van der Waals surface area (Å²) in [6.07, 6.45) is 1.56. The molecule has 1 amide bonds. The maximum absolute atomic E-state index is 12.1. The van der Waals surface area contributed by atoms with Crippen LogP contribution in [-0.2, 0) is 9.53 Å². The number of esters is 1. The molecular formula is C15H21N3O3. The highest BCUT2D eigenvalue weighted by Gasteiger charge is 2.35. The van der Waals surface area contributed by atoms with Crippen LogP contribution in [0.15, 0.2) is 6.07 Å². The van der Waals surface area contributed by atoms with Gasteiger partial charge in [-0.05, 0) is 45.2 Å². The number of nitrogens with two attached hydrogens (primary N) is 1. The van der Waals surface area contributed by atoms with Crippen LogP contribution in [0.3, 0.4) is 0 Å². The number of hydrogen-bond acceptors (Lipinski definition) is 5. The first-order valence-corrected chi connectivity index (χ1v) is 7.17. The summed E-state index contributed by atoms with van der Waals surface area (Å²) in [7, 11) is 0. The molecule has 1 atom stereocenters. The third-order valence-electron chi connectivity index (χ3n) is 3.66. The summed E-state index contributed by atoms with van der Waals surface area (Å²) in [5, 5.41) is 0. The van der Waals surface area contributed by atoms with Crippen LogP contribution in [0.2, 0.25) is 0 Å². The minimum atomic E-state index is -0.524. The number of ether oxygens (including phenoxy) is 1. The number of rotatable bonds is 4. The number of primary amides is 1. The molecule has 21 heavy (non-hydrogen) atoms. The normalized spacial score (nSPS) is 17.9. The predicted molar refractivity (Wildman–Crippen MR) is 79.2 cm³/mol. The topological polar surface area (TPSA) is 85.5 Å². The van der Waals surface area contributed by atoms with Crippen LogP contribution < -0.4 is 10.6 Å². The molecule has 0 bridgehead atoms. The standard InChI is InChI=1S/C15H21N3O3/c1-4-21-15(20)11-6-5-7-18(11)14-12(13(16)19)9(2)8-10(3)17-14/h8,11H,4-7H2,1-3H3,(H2,16,19). The van der Waals surface area contributed by atoms with Gasteiger partial charge in [-0.2, -0.15) is 0 Å². The predicted octanol–water partition coefficient (Wildman–Crippen LogP) is 1.33. The van der Waals surface area contributed by atoms with Crippen LogP contribution >= 0.6 is 0 Å². The lowest BCUT2D eigenvalue weighted by atomic mass is 10.1. The number of pyridine rings is 1. The first-order valence-electron chi connectivity index (χ1n) is 7.17. The van der Waals surface area contributed by atoms with Crippen molar-refractivity contribution in [1.29, 1.82) is 0 Å². The largest absolute Gasteiger partial charge is 0.464 e. The molecule has 0 radical (unpaired) electrons. The summed E-state index contributed by atoms with van der Waals surface area (Å²) in [5.41, 5.74) is 7.45. The highest BCUT2D eigenvalue weighted by atomic mass is 16.5. The second kappa shape index (κ2) is 6.11. The number of aromatic nitrogens is 1. The Balaban J connectivity index is 2.45. The van der Waals surface area contributed by atoms with Gasteiger partial charge in [-0.3, -0.25) is 4.79 Å². The molecule has 1 aliphatic rings. The molecule has 0 aliphatic carbocycles. The molecule has 2 heterocycles. The van der Waals surface area contributed by atoms with Crippen molar-refractivity contribution in [2.24, 2.45) is 5.73 Å². The zero-order valence-corrected chi connectivity index (χ0v) is 12.7. The monoisotopic (exact) mass is 291 g/mol. The Morgan fingerprint density at radius 3 is 2.81 bits per heavy atom. The highest BCUT2D eigenvalue weighted by Crippen LogP contribution is 2.29. The molecule has 1 unspecified atom stereocenters. The Bertz CT molecular complexity index is 572. The fraction of sp³-hybridized carbons (Fsp3) is 0.533. The Morgan fingerprint density at radius 1 is 1.48 bits per heavy atom. The third kappa shape index (κ3) is 2.99. The Hall–Kier alpha value is -2.11. The lowest BCUT2D eigenvalue weighted by Crippen LogP contribution is -2.39. The molecule has 2 N–H and O–H groups in total. The van der Waals surface area contributed by atoms with E-state index >= 15 is 0 Å². The minimum Gasteiger partial charge on any atom is -0.464 e. The average Bonchev–Trinajstić information content (AvgIpc) is 2.86. The summed E-state index contributed by atoms with van der Waals surface area (Å²) in [6.45, 7) is 6.47. The summed E-state index contributed by atoms with van der Waals surface area (Å²) in [4.78, 5) is 30.1. The van der Waals surface area contributed by atoms with E-state index in [1.54, 1.807) is 6.92 Å². The molecule has 1 aliphatic heterocycles. The van der Waals surface area contributed by atoms with E-state index in [9.17, 15) is 9.59 Å². The SMILES string of the molecule is CCOC(=O)C1CCCN1c1nc(C)cc(C)c1C(N)=O. The van der Waals surface area contributed by atoms with Crippen LogP contribution in [0.25, 0.3) is 0 Å². The van der Waals surface area contributed by atoms with E-state index in [1.807, 2.05) is 24.8 Å². The zero-order chi connectivity index (χ0) is 15.6. The first-order chi connectivity index (χ1) is 9.95. The Morgan fingerprint density at radius 2 is 2.19 bits per heavy atom. The number of aryl methyl sites for hydroxylation is 2. The lowest BCUT2D eigenvalue weighted by Gasteiger charge is -2.26. The number of anilines is 1. The number of amides is 1. The van der Waals surface area contributed by atoms with Gasteiger partial charge in [0.1, 0.15) is 11.9 Å². The first kappa shape index (κ1) is 15.3. The van der Waals surface area contributed by atoms with Crippen molar-refractivity contribution in [2.45, 2.75) is 39.7 Å². The number of nitrogens with zero attached hydrogens (tertiary/aromatic N) is 2. The van der Waals surface area contributed by atoms with E-state index in [2.05, 4.69) is 4.98 Å². The van der Waals surface area contributed by atoms with Gasteiger partial charge in [0.05, 0.1) is 12.2 Å². The number of hydrogen-bond donors (Lipinski definition) is 1. The molecule has 114 valence electrons. The molecule has 1 saturated heterocycles. The second-order valence-corrected chi connectivity index (χ2v) is 5.25. The van der Waals surface area contributed by atoms with Crippen molar-refractivity contribution < 1.29 is 14.3 Å². The summed E-state index contributed by atoms with van der Waals surface area (Å²) < 4.78 is 5.11. The Kier molecular flexibility index (Phi) is 4.45. The molecule has 1 fully saturated rings. The van der Waals surface area contributed by atoms with E-state index in [-0.39, 0.29) is 5.97 Å². The quantitative estimate of drug-likeness (QED) is 0.846. The third-order valence-corrected chi connectivity index (χ3v) is 3.66. The van der Waals surface area contributed by atoms with Gasteiger partial charge in [0, 0.05) is 12.2 Å². The minimum absolute atomic E-state index is 0.272. The summed E-state index contributed by atoms with van der Waals surface area (Å²) >= 11 is 0. The van der Waals surface area contributed by atoms with Gasteiger partial charge in [-0.15, -0.1) is 0 Å². The average molecular weight is 291 g/mol. The van der Waals surface area contributed by atoms with Crippen molar-refractivity contribution in [3.05, 3.63) is 22.9 Å². The van der Waals surface area contributed by atoms with Gasteiger partial charge in [0.25, 0.3) is 5.91 Å². The van der Waals surface area contributed by atoms with Gasteiger partial charge in [-0.25, -0.2) is 9.78 Å². The Labute approximate surface area is 124 Å². The van der Waals surface area contributed by atoms with Crippen molar-refractivity contribution >= 4 is 17.7 Å². The van der Waals surface area contributed by atoms with E-state index in [4.69, 9.17) is 10.5 Å². The second-order valence-electron chi connectivity index (χ2n) is 5.25. The van der Waals surface area contributed by atoms with Crippen LogP contribution in [-0.4, -0.2) is 36.1 Å². The smallest absolute Gasteiger partial charge is 0.328 e. The van der Waals surface area contributed by atoms with Crippen LogP contribution in [0, 0.1) is 13.8 Å². The molecular weight excluding hydrogens is 270 g/mol. The van der Waals surface area contributed by atoms with E-state index in [1.165, 1.54) is 0 Å². The van der Waals surface area contributed by atoms with Crippen molar-refractivity contribution in [3.8, 4) is 0 Å². The van der Waals surface area contributed by atoms with Gasteiger partial charge in [0.2, 0.25) is 0 Å². The molecule has 0 aromatic carbocycles. The van der Waals surface area contributed by atoms with E-state index in [0.29, 0.717) is 31.0 Å². The maximum atomic E-state index is 12.1. The summed E-state index contributed by atoms with van der Waals surface area (Å²) in [6, 6.07) is 1.43. The molecule has 2 rings (SSSR count). The highest BCUT2D eigenvalue weighted by molar-refractivity contribution is 6.00. The maximum Gasteiger partial charge on any atom is 0.328 e. The summed E-state index contributed by atoms with van der Waals surface area (Å²) in [5.74, 6) is -0.300. The van der Waals surface area contributed by atoms with Crippen LogP contribution in [0.1, 0.15) is 41.4 Å². The fourth-order valence-electron chi connectivity index (χ4n) is 2.83. The van der Waals surface area contributed by atoms with Crippen LogP contribution in [0.5, 0.6) is 0 Å².